The first-order valence-corrected chi connectivity index (χ1v) is 20.2. The summed E-state index contributed by atoms with van der Waals surface area (Å²) in [6.45, 7) is 0. The SMILES string of the molecule is O=S(=O)(Cl)c1cccc2c3[nH]c(c12)N=c1[nH]c(c2cc(-c4cc(=S)c(=S)c(=S)c4=S)ccc12)=Nc1[nH]c(c2ccccc12)N=c1[nH]c(c2ccccc12)=N3. The fourth-order valence-electron chi connectivity index (χ4n) is 7.03. The van der Waals surface area contributed by atoms with Crippen molar-refractivity contribution in [3.8, 4) is 11.1 Å². The summed E-state index contributed by atoms with van der Waals surface area (Å²) in [7, 11) is 1.82. The first kappa shape index (κ1) is 33.2. The molecule has 10 nitrogen and oxygen atoms in total. The Balaban J connectivity index is 1.40. The quantitative estimate of drug-likeness (QED) is 0.101. The maximum Gasteiger partial charge on any atom is 0.262 e. The van der Waals surface area contributed by atoms with Gasteiger partial charge in [0.2, 0.25) is 0 Å². The molecule has 9 aromatic rings. The van der Waals surface area contributed by atoms with Crippen molar-refractivity contribution in [3.63, 3.8) is 0 Å². The molecule has 260 valence electrons. The van der Waals surface area contributed by atoms with E-state index in [2.05, 4.69) is 19.9 Å². The fourth-order valence-corrected chi connectivity index (χ4v) is 9.11. The van der Waals surface area contributed by atoms with Gasteiger partial charge in [-0.25, -0.2) is 28.4 Å². The van der Waals surface area contributed by atoms with Gasteiger partial charge in [-0.15, -0.1) is 0 Å². The summed E-state index contributed by atoms with van der Waals surface area (Å²) in [5.41, 5.74) is 3.40. The molecule has 0 amide bonds. The van der Waals surface area contributed by atoms with Crippen molar-refractivity contribution in [2.45, 2.75) is 4.90 Å². The van der Waals surface area contributed by atoms with E-state index in [0.717, 1.165) is 27.1 Å². The van der Waals surface area contributed by atoms with Gasteiger partial charge < -0.3 is 19.9 Å². The Hall–Kier alpha value is -5.42. The number of fused-ring (bicyclic) bond motifs is 20. The fraction of sp³-hybridized carbons (Fsp3) is 0. The Kier molecular flexibility index (Phi) is 7.40. The molecule has 0 aliphatic carbocycles. The molecule has 0 spiro atoms. The highest BCUT2D eigenvalue weighted by Crippen LogP contribution is 2.39. The second-order valence-electron chi connectivity index (χ2n) is 12.6. The molecule has 16 heteroatoms. The van der Waals surface area contributed by atoms with Gasteiger partial charge in [0.05, 0.1) is 22.9 Å². The maximum atomic E-state index is 13.0. The number of hydrogen-bond donors (Lipinski definition) is 4. The van der Waals surface area contributed by atoms with Crippen LogP contribution in [0.5, 0.6) is 0 Å². The Morgan fingerprint density at radius 3 is 1.59 bits per heavy atom. The molecule has 5 aromatic carbocycles. The molecule has 4 aromatic heterocycles. The molecule has 0 radical (unpaired) electrons. The number of aromatic amines is 4. The standard InChI is InChI=1S/C38H19ClN8O2S5/c39-54(48,49)26-11-5-10-22-27(26)38-46-35-21-13-12-16(23-15-25(50)29(52)30(53)28(23)51)14-24(21)37(45-35)44-34-20-9-4-2-7-18(20)32(42-34)40-31-17-6-1-3-8-19(17)33(41-31)43-36(22)47-38/h1-15H,(H4,40,41,42,43,44,45,46,47). The zero-order valence-electron chi connectivity index (χ0n) is 27.2. The van der Waals surface area contributed by atoms with E-state index in [1.165, 1.54) is 6.07 Å². The zero-order chi connectivity index (χ0) is 37.0. The number of nitrogens with zero attached hydrogens (tertiary/aromatic N) is 4. The van der Waals surface area contributed by atoms with Crippen LogP contribution < -0.4 is 22.0 Å². The summed E-state index contributed by atoms with van der Waals surface area (Å²) in [5, 5.41) is 5.54. The number of aromatic nitrogens is 4. The summed E-state index contributed by atoms with van der Waals surface area (Å²) >= 11 is 22.3. The highest BCUT2D eigenvalue weighted by atomic mass is 35.7. The predicted octanol–water partition coefficient (Wildman–Crippen LogP) is 9.12. The van der Waals surface area contributed by atoms with Gasteiger partial charge in [-0.3, -0.25) is 0 Å². The molecule has 0 atom stereocenters. The van der Waals surface area contributed by atoms with Crippen molar-refractivity contribution >= 4 is 135 Å². The van der Waals surface area contributed by atoms with Crippen molar-refractivity contribution < 1.29 is 8.42 Å². The van der Waals surface area contributed by atoms with Crippen molar-refractivity contribution in [2.24, 2.45) is 20.0 Å². The van der Waals surface area contributed by atoms with E-state index in [1.54, 1.807) is 18.2 Å². The predicted molar refractivity (Wildman–Crippen MR) is 221 cm³/mol. The first-order valence-electron chi connectivity index (χ1n) is 16.3. The molecule has 8 bridgehead atoms. The van der Waals surface area contributed by atoms with Crippen LogP contribution in [0.4, 0.5) is 23.3 Å². The Morgan fingerprint density at radius 2 is 0.981 bits per heavy atom. The lowest BCUT2D eigenvalue weighted by atomic mass is 10.0. The average molecular weight is 815 g/mol. The monoisotopic (exact) mass is 814 g/mol. The van der Waals surface area contributed by atoms with Crippen molar-refractivity contribution in [2.75, 3.05) is 0 Å². The smallest absolute Gasteiger partial charge is 0.262 e. The van der Waals surface area contributed by atoms with Gasteiger partial charge in [-0.1, -0.05) is 116 Å². The second-order valence-corrected chi connectivity index (χ2v) is 16.8. The Morgan fingerprint density at radius 1 is 0.481 bits per heavy atom. The molecule has 10 rings (SSSR count). The third kappa shape index (κ3) is 5.11. The normalized spacial score (nSPS) is 12.8. The topological polar surface area (TPSA) is 147 Å². The van der Waals surface area contributed by atoms with Gasteiger partial charge >= 0.3 is 0 Å². The number of benzene rings is 5. The van der Waals surface area contributed by atoms with E-state index < -0.39 is 9.05 Å². The van der Waals surface area contributed by atoms with Crippen LogP contribution in [0.15, 0.2) is 116 Å². The number of rotatable bonds is 2. The highest BCUT2D eigenvalue weighted by Gasteiger charge is 2.22. The Bertz CT molecular complexity index is 3760. The van der Waals surface area contributed by atoms with E-state index in [4.69, 9.17) is 79.5 Å². The van der Waals surface area contributed by atoms with Gasteiger partial charge in [0.25, 0.3) is 9.05 Å². The maximum absolute atomic E-state index is 13.0. The average Bonchev–Trinajstić information content (AvgIpc) is 3.90. The summed E-state index contributed by atoms with van der Waals surface area (Å²) in [4.78, 5) is 33.7. The van der Waals surface area contributed by atoms with Crippen LogP contribution in [0.2, 0.25) is 0 Å². The van der Waals surface area contributed by atoms with Crippen LogP contribution in [0.25, 0.3) is 54.2 Å². The molecular formula is C38H19ClN8O2S5. The lowest BCUT2D eigenvalue weighted by molar-refractivity contribution is 0.610. The number of nitrogens with one attached hydrogen (secondary N) is 4. The first-order chi connectivity index (χ1) is 26.0. The minimum atomic E-state index is -4.21. The molecule has 54 heavy (non-hydrogen) atoms. The molecular weight excluding hydrogens is 796 g/mol. The molecule has 0 fully saturated rings. The Labute approximate surface area is 328 Å². The highest BCUT2D eigenvalue weighted by molar-refractivity contribution is 8.14. The van der Waals surface area contributed by atoms with Crippen LogP contribution >= 0.6 is 59.6 Å². The molecule has 0 unspecified atom stereocenters. The third-order valence-electron chi connectivity index (χ3n) is 9.49. The van der Waals surface area contributed by atoms with Crippen molar-refractivity contribution in [1.82, 2.24) is 19.9 Å². The van der Waals surface area contributed by atoms with E-state index in [9.17, 15) is 8.42 Å². The molecule has 0 saturated carbocycles. The van der Waals surface area contributed by atoms with Crippen LogP contribution in [-0.4, -0.2) is 28.4 Å². The summed E-state index contributed by atoms with van der Waals surface area (Å²) < 4.78 is 27.6. The van der Waals surface area contributed by atoms with E-state index in [-0.39, 0.29) is 16.1 Å². The van der Waals surface area contributed by atoms with E-state index in [0.29, 0.717) is 79.2 Å². The van der Waals surface area contributed by atoms with Gasteiger partial charge in [-0.2, -0.15) is 0 Å². The number of hydrogen-bond acceptors (Lipinski definition) is 10. The van der Waals surface area contributed by atoms with Crippen LogP contribution in [0.3, 0.4) is 0 Å². The van der Waals surface area contributed by atoms with E-state index in [1.807, 2.05) is 66.7 Å². The molecule has 5 heterocycles. The van der Waals surface area contributed by atoms with Gasteiger partial charge in [0.15, 0.2) is 0 Å². The van der Waals surface area contributed by atoms with Crippen LogP contribution in [0, 0.1) is 18.0 Å². The van der Waals surface area contributed by atoms with Gasteiger partial charge in [0.1, 0.15) is 45.2 Å². The third-order valence-corrected chi connectivity index (χ3v) is 12.8. The van der Waals surface area contributed by atoms with Crippen LogP contribution in [-0.2, 0) is 9.05 Å². The summed E-state index contributed by atoms with van der Waals surface area (Å²) in [5.74, 6) is 1.75. The van der Waals surface area contributed by atoms with Crippen LogP contribution in [0.1, 0.15) is 0 Å². The summed E-state index contributed by atoms with van der Waals surface area (Å²) in [6.07, 6.45) is 0. The number of halogens is 1. The molecule has 1 aliphatic rings. The van der Waals surface area contributed by atoms with Crippen molar-refractivity contribution in [3.05, 3.63) is 131 Å². The second kappa shape index (κ2) is 12.0. The minimum Gasteiger partial charge on any atom is -0.324 e. The molecule has 1 aliphatic heterocycles. The van der Waals surface area contributed by atoms with Gasteiger partial charge in [0, 0.05) is 59.3 Å². The lowest BCUT2D eigenvalue weighted by Gasteiger charge is -2.03. The number of H-pyrrole nitrogens is 4. The van der Waals surface area contributed by atoms with Gasteiger partial charge in [-0.05, 0) is 29.8 Å². The minimum absolute atomic E-state index is 0.112. The zero-order valence-corrected chi connectivity index (χ0v) is 32.0. The largest absolute Gasteiger partial charge is 0.324 e. The molecule has 0 saturated heterocycles. The molecule has 4 N–H and O–H groups in total. The summed E-state index contributed by atoms with van der Waals surface area (Å²) in [6, 6.07) is 28.0. The van der Waals surface area contributed by atoms with Crippen molar-refractivity contribution in [1.29, 1.82) is 0 Å². The lowest BCUT2D eigenvalue weighted by Crippen LogP contribution is -2.10. The van der Waals surface area contributed by atoms with E-state index >= 15 is 0 Å².